The fraction of sp³-hybridized carbons (Fsp3) is 0.533. The molecule has 1 fully saturated rings. The zero-order chi connectivity index (χ0) is 13.2. The summed E-state index contributed by atoms with van der Waals surface area (Å²) in [6, 6.07) is 9.03. The molecule has 1 unspecified atom stereocenters. The molecule has 1 saturated heterocycles. The molecule has 1 aliphatic heterocycles. The SMILES string of the molecule is CC1(C)CCN(C(C(=O)O)c2ccccc2)CC1. The van der Waals surface area contributed by atoms with Crippen molar-refractivity contribution in [2.45, 2.75) is 32.7 Å². The van der Waals surface area contributed by atoms with Crippen LogP contribution in [-0.4, -0.2) is 29.1 Å². The average Bonchev–Trinajstić information content (AvgIpc) is 2.33. The largest absolute Gasteiger partial charge is 0.480 e. The first kappa shape index (κ1) is 13.1. The molecule has 1 aromatic rings. The van der Waals surface area contributed by atoms with Crippen molar-refractivity contribution in [2.75, 3.05) is 13.1 Å². The predicted octanol–water partition coefficient (Wildman–Crippen LogP) is 2.93. The van der Waals surface area contributed by atoms with Gasteiger partial charge in [0.05, 0.1) is 0 Å². The highest BCUT2D eigenvalue weighted by atomic mass is 16.4. The Bertz CT molecular complexity index is 404. The lowest BCUT2D eigenvalue weighted by molar-refractivity contribution is -0.144. The van der Waals surface area contributed by atoms with Crippen molar-refractivity contribution in [1.29, 1.82) is 0 Å². The van der Waals surface area contributed by atoms with Gasteiger partial charge < -0.3 is 5.11 Å². The molecule has 1 aromatic carbocycles. The Balaban J connectivity index is 2.15. The number of carbonyl (C=O) groups is 1. The van der Waals surface area contributed by atoms with Gasteiger partial charge >= 0.3 is 5.97 Å². The standard InChI is InChI=1S/C15H21NO2/c1-15(2)8-10-16(11-9-15)13(14(17)18)12-6-4-3-5-7-12/h3-7,13H,8-11H2,1-2H3,(H,17,18). The van der Waals surface area contributed by atoms with E-state index >= 15 is 0 Å². The highest BCUT2D eigenvalue weighted by Gasteiger charge is 2.33. The molecule has 3 nitrogen and oxygen atoms in total. The minimum Gasteiger partial charge on any atom is -0.480 e. The fourth-order valence-electron chi connectivity index (χ4n) is 2.53. The maximum Gasteiger partial charge on any atom is 0.325 e. The van der Waals surface area contributed by atoms with E-state index in [0.717, 1.165) is 31.5 Å². The van der Waals surface area contributed by atoms with Crippen LogP contribution in [0.3, 0.4) is 0 Å². The van der Waals surface area contributed by atoms with Crippen molar-refractivity contribution in [3.63, 3.8) is 0 Å². The van der Waals surface area contributed by atoms with Gasteiger partial charge in [0.1, 0.15) is 6.04 Å². The second kappa shape index (κ2) is 5.11. The van der Waals surface area contributed by atoms with E-state index in [0.29, 0.717) is 5.41 Å². The Morgan fingerprint density at radius 2 is 1.78 bits per heavy atom. The third kappa shape index (κ3) is 2.91. The highest BCUT2D eigenvalue weighted by molar-refractivity contribution is 5.75. The number of carboxylic acids is 1. The van der Waals surface area contributed by atoms with Gasteiger partial charge in [0, 0.05) is 0 Å². The van der Waals surface area contributed by atoms with Crippen molar-refractivity contribution in [3.05, 3.63) is 35.9 Å². The van der Waals surface area contributed by atoms with Crippen LogP contribution in [0.1, 0.15) is 38.3 Å². The molecule has 98 valence electrons. The van der Waals surface area contributed by atoms with Gasteiger partial charge in [0.25, 0.3) is 0 Å². The molecule has 0 radical (unpaired) electrons. The first-order valence-electron chi connectivity index (χ1n) is 6.51. The maximum atomic E-state index is 11.5. The molecule has 1 atom stereocenters. The lowest BCUT2D eigenvalue weighted by Crippen LogP contribution is -2.42. The summed E-state index contributed by atoms with van der Waals surface area (Å²) in [7, 11) is 0. The molecule has 0 saturated carbocycles. The van der Waals surface area contributed by atoms with Crippen LogP contribution in [0, 0.1) is 5.41 Å². The molecule has 0 spiro atoms. The van der Waals surface area contributed by atoms with Crippen LogP contribution in [-0.2, 0) is 4.79 Å². The topological polar surface area (TPSA) is 40.5 Å². The van der Waals surface area contributed by atoms with E-state index in [1.807, 2.05) is 30.3 Å². The third-order valence-electron chi connectivity index (χ3n) is 3.87. The summed E-state index contributed by atoms with van der Waals surface area (Å²) in [5.41, 5.74) is 1.22. The summed E-state index contributed by atoms with van der Waals surface area (Å²) in [6.45, 7) is 6.23. The summed E-state index contributed by atoms with van der Waals surface area (Å²) >= 11 is 0. The van der Waals surface area contributed by atoms with E-state index in [-0.39, 0.29) is 0 Å². The molecule has 2 rings (SSSR count). The smallest absolute Gasteiger partial charge is 0.325 e. The minimum atomic E-state index is -0.749. The number of carboxylic acid groups (broad SMARTS) is 1. The van der Waals surface area contributed by atoms with E-state index in [9.17, 15) is 9.90 Å². The number of nitrogens with zero attached hydrogens (tertiary/aromatic N) is 1. The molecular formula is C15H21NO2. The number of benzene rings is 1. The van der Waals surface area contributed by atoms with E-state index in [4.69, 9.17) is 0 Å². The van der Waals surface area contributed by atoms with E-state index in [1.165, 1.54) is 0 Å². The molecule has 0 aliphatic carbocycles. The van der Waals surface area contributed by atoms with Crippen molar-refractivity contribution in [3.8, 4) is 0 Å². The van der Waals surface area contributed by atoms with Crippen LogP contribution in [0.15, 0.2) is 30.3 Å². The lowest BCUT2D eigenvalue weighted by atomic mass is 9.82. The number of rotatable bonds is 3. The van der Waals surface area contributed by atoms with E-state index in [1.54, 1.807) is 0 Å². The normalized spacial score (nSPS) is 21.4. The first-order valence-corrected chi connectivity index (χ1v) is 6.51. The molecule has 1 N–H and O–H groups in total. The van der Waals surface area contributed by atoms with Crippen molar-refractivity contribution in [1.82, 2.24) is 4.90 Å². The molecule has 0 bridgehead atoms. The molecule has 1 heterocycles. The average molecular weight is 247 g/mol. The number of piperidine rings is 1. The second-order valence-electron chi connectivity index (χ2n) is 5.85. The fourth-order valence-corrected chi connectivity index (χ4v) is 2.53. The van der Waals surface area contributed by atoms with E-state index in [2.05, 4.69) is 18.7 Å². The quantitative estimate of drug-likeness (QED) is 0.892. The number of hydrogen-bond acceptors (Lipinski definition) is 2. The van der Waals surface area contributed by atoms with Crippen LogP contribution >= 0.6 is 0 Å². The van der Waals surface area contributed by atoms with Gasteiger partial charge in [0.15, 0.2) is 0 Å². The van der Waals surface area contributed by atoms with Crippen LogP contribution in [0.25, 0.3) is 0 Å². The monoisotopic (exact) mass is 247 g/mol. The summed E-state index contributed by atoms with van der Waals surface area (Å²) in [4.78, 5) is 13.6. The molecule has 0 aromatic heterocycles. The van der Waals surface area contributed by atoms with Gasteiger partial charge in [-0.2, -0.15) is 0 Å². The zero-order valence-corrected chi connectivity index (χ0v) is 11.1. The third-order valence-corrected chi connectivity index (χ3v) is 3.87. The lowest BCUT2D eigenvalue weighted by Gasteiger charge is -2.39. The van der Waals surface area contributed by atoms with Crippen molar-refractivity contribution < 1.29 is 9.90 Å². The van der Waals surface area contributed by atoms with Crippen molar-refractivity contribution >= 4 is 5.97 Å². The molecule has 3 heteroatoms. The summed E-state index contributed by atoms with van der Waals surface area (Å²) in [6.07, 6.45) is 2.12. The molecule has 18 heavy (non-hydrogen) atoms. The maximum absolute atomic E-state index is 11.5. The minimum absolute atomic E-state index is 0.343. The number of hydrogen-bond donors (Lipinski definition) is 1. The van der Waals surface area contributed by atoms with Crippen LogP contribution in [0.2, 0.25) is 0 Å². The van der Waals surface area contributed by atoms with E-state index < -0.39 is 12.0 Å². The van der Waals surface area contributed by atoms with Gasteiger partial charge in [-0.1, -0.05) is 44.2 Å². The first-order chi connectivity index (χ1) is 8.49. The zero-order valence-electron chi connectivity index (χ0n) is 11.1. The summed E-state index contributed by atoms with van der Waals surface area (Å²) in [5, 5.41) is 9.47. The Labute approximate surface area is 108 Å². The predicted molar refractivity (Wildman–Crippen MR) is 71.4 cm³/mol. The Kier molecular flexibility index (Phi) is 3.71. The molecular weight excluding hydrogens is 226 g/mol. The summed E-state index contributed by atoms with van der Waals surface area (Å²) < 4.78 is 0. The van der Waals surface area contributed by atoms with Gasteiger partial charge in [0.2, 0.25) is 0 Å². The Morgan fingerprint density at radius 3 is 2.28 bits per heavy atom. The van der Waals surface area contributed by atoms with Gasteiger partial charge in [-0.15, -0.1) is 0 Å². The van der Waals surface area contributed by atoms with Crippen LogP contribution in [0.5, 0.6) is 0 Å². The van der Waals surface area contributed by atoms with Gasteiger partial charge in [-0.3, -0.25) is 9.69 Å². The number of likely N-dealkylation sites (tertiary alicyclic amines) is 1. The van der Waals surface area contributed by atoms with Crippen LogP contribution < -0.4 is 0 Å². The van der Waals surface area contributed by atoms with Gasteiger partial charge in [-0.05, 0) is 36.9 Å². The summed E-state index contributed by atoms with van der Waals surface area (Å²) in [5.74, 6) is -0.749. The Morgan fingerprint density at radius 1 is 1.22 bits per heavy atom. The van der Waals surface area contributed by atoms with Gasteiger partial charge in [-0.25, -0.2) is 0 Å². The van der Waals surface area contributed by atoms with Crippen LogP contribution in [0.4, 0.5) is 0 Å². The highest BCUT2D eigenvalue weighted by Crippen LogP contribution is 2.33. The van der Waals surface area contributed by atoms with Crippen molar-refractivity contribution in [2.24, 2.45) is 5.41 Å². The molecule has 1 aliphatic rings. The molecule has 0 amide bonds. The Hall–Kier alpha value is -1.35. The second-order valence-corrected chi connectivity index (χ2v) is 5.85. The number of aliphatic carboxylic acids is 1.